The third-order valence-corrected chi connectivity index (χ3v) is 5.66. The fourth-order valence-electron chi connectivity index (χ4n) is 2.64. The predicted octanol–water partition coefficient (Wildman–Crippen LogP) is 2.21. The molecule has 0 saturated heterocycles. The van der Waals surface area contributed by atoms with Crippen molar-refractivity contribution in [2.24, 2.45) is 7.05 Å². The number of benzene rings is 1. The van der Waals surface area contributed by atoms with Gasteiger partial charge in [-0.25, -0.2) is 8.42 Å². The van der Waals surface area contributed by atoms with Gasteiger partial charge in [-0.2, -0.15) is 9.40 Å². The van der Waals surface area contributed by atoms with Crippen molar-refractivity contribution in [3.05, 3.63) is 53.9 Å². The Morgan fingerprint density at radius 2 is 2.09 bits per heavy atom. The van der Waals surface area contributed by atoms with Crippen molar-refractivity contribution in [3.8, 4) is 0 Å². The van der Waals surface area contributed by atoms with E-state index in [1.165, 1.54) is 0 Å². The molecule has 3 rings (SSSR count). The van der Waals surface area contributed by atoms with Crippen molar-refractivity contribution in [2.45, 2.75) is 18.2 Å². The van der Waals surface area contributed by atoms with Gasteiger partial charge in [-0.15, -0.1) is 0 Å². The van der Waals surface area contributed by atoms with E-state index in [1.807, 2.05) is 26.2 Å². The maximum absolute atomic E-state index is 12.8. The number of aromatic nitrogens is 2. The van der Waals surface area contributed by atoms with Gasteiger partial charge in [-0.05, 0) is 36.6 Å². The third-order valence-electron chi connectivity index (χ3n) is 3.82. The summed E-state index contributed by atoms with van der Waals surface area (Å²) in [5, 5.41) is 4.16. The Balaban J connectivity index is 1.88. The molecule has 0 bridgehead atoms. The molecular formula is C16H19N3O2S. The molecule has 0 spiro atoms. The molecule has 22 heavy (non-hydrogen) atoms. The van der Waals surface area contributed by atoms with Crippen LogP contribution in [0.5, 0.6) is 0 Å². The maximum atomic E-state index is 12.8. The van der Waals surface area contributed by atoms with Crippen LogP contribution in [0.2, 0.25) is 0 Å². The first-order chi connectivity index (χ1) is 10.5. The Kier molecular flexibility index (Phi) is 3.88. The van der Waals surface area contributed by atoms with Crippen molar-refractivity contribution in [2.75, 3.05) is 13.1 Å². The number of sulfonamides is 1. The molecular weight excluding hydrogens is 298 g/mol. The Labute approximate surface area is 130 Å². The monoisotopic (exact) mass is 317 g/mol. The Morgan fingerprint density at radius 1 is 1.27 bits per heavy atom. The molecule has 1 aliphatic rings. The number of hydrogen-bond acceptors (Lipinski definition) is 3. The average Bonchev–Trinajstić information content (AvgIpc) is 2.94. The molecule has 0 saturated carbocycles. The summed E-state index contributed by atoms with van der Waals surface area (Å²) in [6.07, 6.45) is 6.50. The molecule has 5 nitrogen and oxygen atoms in total. The van der Waals surface area contributed by atoms with E-state index in [-0.39, 0.29) is 0 Å². The molecule has 0 unspecified atom stereocenters. The standard InChI is InChI=1S/C16H19N3O2S/c1-13-5-3-7-16(9-13)22(20,21)19-8-4-6-14(12-19)15-10-17-18(2)11-15/h3,5-7,9-11H,4,8,12H2,1-2H3. The van der Waals surface area contributed by atoms with Gasteiger partial charge in [-0.1, -0.05) is 18.2 Å². The van der Waals surface area contributed by atoms with Crippen LogP contribution in [0.1, 0.15) is 17.5 Å². The highest BCUT2D eigenvalue weighted by Crippen LogP contribution is 2.25. The van der Waals surface area contributed by atoms with Gasteiger partial charge < -0.3 is 0 Å². The third kappa shape index (κ3) is 2.84. The summed E-state index contributed by atoms with van der Waals surface area (Å²) in [6.45, 7) is 2.80. The Bertz CT molecular complexity index is 821. The maximum Gasteiger partial charge on any atom is 0.243 e. The molecule has 1 aromatic carbocycles. The quantitative estimate of drug-likeness (QED) is 0.872. The van der Waals surface area contributed by atoms with Crippen LogP contribution in [0.3, 0.4) is 0 Å². The van der Waals surface area contributed by atoms with Crippen molar-refractivity contribution in [3.63, 3.8) is 0 Å². The first-order valence-corrected chi connectivity index (χ1v) is 8.66. The molecule has 0 fully saturated rings. The van der Waals surface area contributed by atoms with Gasteiger partial charge in [0.05, 0.1) is 11.1 Å². The van der Waals surface area contributed by atoms with Gasteiger partial charge >= 0.3 is 0 Å². The summed E-state index contributed by atoms with van der Waals surface area (Å²) >= 11 is 0. The van der Waals surface area contributed by atoms with Gasteiger partial charge in [0.1, 0.15) is 0 Å². The fraction of sp³-hybridized carbons (Fsp3) is 0.312. The lowest BCUT2D eigenvalue weighted by Gasteiger charge is -2.26. The van der Waals surface area contributed by atoms with E-state index in [9.17, 15) is 8.42 Å². The number of rotatable bonds is 3. The first kappa shape index (κ1) is 15.0. The van der Waals surface area contributed by atoms with Gasteiger partial charge in [0.25, 0.3) is 0 Å². The zero-order valence-electron chi connectivity index (χ0n) is 12.7. The summed E-state index contributed by atoms with van der Waals surface area (Å²) in [6, 6.07) is 7.06. The molecule has 1 aromatic heterocycles. The molecule has 0 aliphatic carbocycles. The van der Waals surface area contributed by atoms with Crippen molar-refractivity contribution in [1.29, 1.82) is 0 Å². The molecule has 0 atom stereocenters. The minimum Gasteiger partial charge on any atom is -0.275 e. The van der Waals surface area contributed by atoms with Crippen molar-refractivity contribution in [1.82, 2.24) is 14.1 Å². The van der Waals surface area contributed by atoms with Crippen LogP contribution in [0.25, 0.3) is 5.57 Å². The second-order valence-corrected chi connectivity index (χ2v) is 7.51. The summed E-state index contributed by atoms with van der Waals surface area (Å²) in [5.41, 5.74) is 2.93. The molecule has 2 heterocycles. The van der Waals surface area contributed by atoms with Gasteiger partial charge in [0.15, 0.2) is 0 Å². The molecule has 6 heteroatoms. The highest BCUT2D eigenvalue weighted by molar-refractivity contribution is 7.89. The minimum absolute atomic E-state index is 0.361. The summed E-state index contributed by atoms with van der Waals surface area (Å²) in [5.74, 6) is 0. The lowest BCUT2D eigenvalue weighted by Crippen LogP contribution is -2.35. The van der Waals surface area contributed by atoms with E-state index in [1.54, 1.807) is 33.4 Å². The van der Waals surface area contributed by atoms with Gasteiger partial charge in [0, 0.05) is 31.9 Å². The second kappa shape index (κ2) is 5.70. The Morgan fingerprint density at radius 3 is 2.77 bits per heavy atom. The van der Waals surface area contributed by atoms with Crippen LogP contribution >= 0.6 is 0 Å². The molecule has 2 aromatic rings. The van der Waals surface area contributed by atoms with Gasteiger partial charge in [0.2, 0.25) is 10.0 Å². The zero-order valence-corrected chi connectivity index (χ0v) is 13.5. The molecule has 0 N–H and O–H groups in total. The largest absolute Gasteiger partial charge is 0.275 e. The van der Waals surface area contributed by atoms with E-state index >= 15 is 0 Å². The highest BCUT2D eigenvalue weighted by atomic mass is 32.2. The van der Waals surface area contributed by atoms with E-state index < -0.39 is 10.0 Å². The van der Waals surface area contributed by atoms with Crippen molar-refractivity contribution >= 4 is 15.6 Å². The highest BCUT2D eigenvalue weighted by Gasteiger charge is 2.27. The minimum atomic E-state index is -3.45. The van der Waals surface area contributed by atoms with E-state index in [2.05, 4.69) is 11.2 Å². The van der Waals surface area contributed by atoms with Crippen LogP contribution in [0.4, 0.5) is 0 Å². The molecule has 116 valence electrons. The van der Waals surface area contributed by atoms with E-state index in [0.717, 1.165) is 23.1 Å². The molecule has 1 aliphatic heterocycles. The molecule has 0 radical (unpaired) electrons. The lowest BCUT2D eigenvalue weighted by atomic mass is 10.1. The normalized spacial score (nSPS) is 16.5. The summed E-state index contributed by atoms with van der Waals surface area (Å²) in [4.78, 5) is 0.361. The van der Waals surface area contributed by atoms with Crippen molar-refractivity contribution < 1.29 is 8.42 Å². The number of nitrogens with zero attached hydrogens (tertiary/aromatic N) is 3. The predicted molar refractivity (Wildman–Crippen MR) is 85.7 cm³/mol. The SMILES string of the molecule is Cc1cccc(S(=O)(=O)N2CCC=C(c3cnn(C)c3)C2)c1. The van der Waals surface area contributed by atoms with Crippen LogP contribution in [0.15, 0.2) is 47.6 Å². The Hall–Kier alpha value is -1.92. The smallest absolute Gasteiger partial charge is 0.243 e. The van der Waals surface area contributed by atoms with Gasteiger partial charge in [-0.3, -0.25) is 4.68 Å². The summed E-state index contributed by atoms with van der Waals surface area (Å²) < 4.78 is 28.9. The van der Waals surface area contributed by atoms with Crippen LogP contribution in [-0.4, -0.2) is 35.6 Å². The van der Waals surface area contributed by atoms with E-state index in [0.29, 0.717) is 18.0 Å². The van der Waals surface area contributed by atoms with Crippen LogP contribution < -0.4 is 0 Å². The van der Waals surface area contributed by atoms with Crippen LogP contribution in [-0.2, 0) is 17.1 Å². The topological polar surface area (TPSA) is 55.2 Å². The zero-order chi connectivity index (χ0) is 15.7. The lowest BCUT2D eigenvalue weighted by molar-refractivity contribution is 0.443. The second-order valence-electron chi connectivity index (χ2n) is 5.58. The fourth-order valence-corrected chi connectivity index (χ4v) is 4.18. The number of aryl methyl sites for hydroxylation is 2. The summed E-state index contributed by atoms with van der Waals surface area (Å²) in [7, 11) is -1.60. The first-order valence-electron chi connectivity index (χ1n) is 7.22. The number of hydrogen-bond donors (Lipinski definition) is 0. The van der Waals surface area contributed by atoms with Crippen LogP contribution in [0, 0.1) is 6.92 Å². The van der Waals surface area contributed by atoms with E-state index in [4.69, 9.17) is 0 Å². The average molecular weight is 317 g/mol. The molecule has 0 amide bonds.